The molecule has 24 heavy (non-hydrogen) atoms. The van der Waals surface area contributed by atoms with Crippen LogP contribution in [-0.2, 0) is 9.59 Å². The Kier molecular flexibility index (Phi) is 6.28. The third kappa shape index (κ3) is 4.53. The monoisotopic (exact) mass is 335 g/mol. The summed E-state index contributed by atoms with van der Waals surface area (Å²) in [6, 6.07) is 5.68. The normalized spacial score (nSPS) is 14.4. The number of anilines is 1. The Morgan fingerprint density at radius 2 is 1.79 bits per heavy atom. The van der Waals surface area contributed by atoms with Crippen LogP contribution in [0.1, 0.15) is 19.3 Å². The van der Waals surface area contributed by atoms with Gasteiger partial charge >= 0.3 is 0 Å². The average molecular weight is 335 g/mol. The number of ether oxygens (including phenoxy) is 2. The molecule has 0 saturated carbocycles. The lowest BCUT2D eigenvalue weighted by molar-refractivity contribution is -0.305. The number of piperazine rings is 1. The largest absolute Gasteiger partial charge is 0.550 e. The number of carboxylic acid groups (broad SMARTS) is 1. The Morgan fingerprint density at radius 1 is 1.08 bits per heavy atom. The van der Waals surface area contributed by atoms with E-state index in [9.17, 15) is 14.7 Å². The summed E-state index contributed by atoms with van der Waals surface area (Å²) in [6.45, 7) is 2.63. The molecule has 7 heteroatoms. The van der Waals surface area contributed by atoms with Crippen LogP contribution in [0.15, 0.2) is 18.2 Å². The van der Waals surface area contributed by atoms with Crippen molar-refractivity contribution in [2.45, 2.75) is 19.3 Å². The van der Waals surface area contributed by atoms with E-state index in [2.05, 4.69) is 4.90 Å². The predicted octanol–water partition coefficient (Wildman–Crippen LogP) is 0.273. The molecule has 0 unspecified atom stereocenters. The second-order valence-corrected chi connectivity index (χ2v) is 5.63. The molecule has 0 spiro atoms. The van der Waals surface area contributed by atoms with Crippen LogP contribution >= 0.6 is 0 Å². The molecule has 7 nitrogen and oxygen atoms in total. The molecule has 1 aliphatic heterocycles. The number of amides is 1. The van der Waals surface area contributed by atoms with Gasteiger partial charge in [0, 0.05) is 44.6 Å². The number of methoxy groups -OCH3 is 2. The smallest absolute Gasteiger partial charge is 0.222 e. The van der Waals surface area contributed by atoms with Gasteiger partial charge < -0.3 is 29.2 Å². The lowest BCUT2D eigenvalue weighted by atomic mass is 10.2. The standard InChI is InChI=1S/C17H24N2O5/c1-23-13-6-7-14(15(12-13)24-2)18-8-10-19(11-9-18)16(20)4-3-5-17(21)22/h6-7,12H,3-5,8-11H2,1-2H3,(H,21,22)/p-1. The van der Waals surface area contributed by atoms with Crippen LogP contribution in [0.5, 0.6) is 11.5 Å². The Labute approximate surface area is 141 Å². The van der Waals surface area contributed by atoms with E-state index in [-0.39, 0.29) is 18.7 Å². The number of nitrogens with zero attached hydrogens (tertiary/aromatic N) is 2. The first-order valence-corrected chi connectivity index (χ1v) is 7.99. The van der Waals surface area contributed by atoms with Gasteiger partial charge in [-0.05, 0) is 25.0 Å². The molecule has 0 aliphatic carbocycles. The zero-order valence-electron chi connectivity index (χ0n) is 14.1. The molecule has 1 aromatic rings. The van der Waals surface area contributed by atoms with Gasteiger partial charge in [0.2, 0.25) is 5.91 Å². The third-order valence-corrected chi connectivity index (χ3v) is 4.13. The van der Waals surface area contributed by atoms with Crippen LogP contribution < -0.4 is 19.5 Å². The quantitative estimate of drug-likeness (QED) is 0.711. The summed E-state index contributed by atoms with van der Waals surface area (Å²) in [7, 11) is 3.23. The van der Waals surface area contributed by atoms with Crippen LogP contribution in [0.2, 0.25) is 0 Å². The van der Waals surface area contributed by atoms with Gasteiger partial charge in [-0.15, -0.1) is 0 Å². The van der Waals surface area contributed by atoms with Gasteiger partial charge in [0.1, 0.15) is 11.5 Å². The fourth-order valence-electron chi connectivity index (χ4n) is 2.78. The molecule has 0 bridgehead atoms. The number of benzene rings is 1. The molecule has 0 atom stereocenters. The molecule has 132 valence electrons. The van der Waals surface area contributed by atoms with E-state index in [0.29, 0.717) is 32.6 Å². The molecule has 0 radical (unpaired) electrons. The minimum atomic E-state index is -1.11. The van der Waals surface area contributed by atoms with E-state index in [0.717, 1.165) is 17.2 Å². The minimum Gasteiger partial charge on any atom is -0.550 e. The summed E-state index contributed by atoms with van der Waals surface area (Å²) in [5, 5.41) is 10.4. The topological polar surface area (TPSA) is 82.1 Å². The number of carbonyl (C=O) groups is 2. The van der Waals surface area contributed by atoms with Crippen molar-refractivity contribution < 1.29 is 24.2 Å². The molecule has 1 amide bonds. The first kappa shape index (κ1) is 17.9. The highest BCUT2D eigenvalue weighted by atomic mass is 16.5. The van der Waals surface area contributed by atoms with Crippen molar-refractivity contribution in [2.24, 2.45) is 0 Å². The number of rotatable bonds is 7. The first-order chi connectivity index (χ1) is 11.5. The number of aliphatic carboxylic acids is 1. The van der Waals surface area contributed by atoms with Crippen molar-refractivity contribution in [2.75, 3.05) is 45.3 Å². The highest BCUT2D eigenvalue weighted by Gasteiger charge is 2.22. The van der Waals surface area contributed by atoms with Gasteiger partial charge in [0.05, 0.1) is 19.9 Å². The molecule has 1 saturated heterocycles. The SMILES string of the molecule is COc1ccc(N2CCN(C(=O)CCCC(=O)[O-])CC2)c(OC)c1. The van der Waals surface area contributed by atoms with Crippen molar-refractivity contribution in [1.82, 2.24) is 4.90 Å². The van der Waals surface area contributed by atoms with Crippen molar-refractivity contribution in [3.63, 3.8) is 0 Å². The summed E-state index contributed by atoms with van der Waals surface area (Å²) < 4.78 is 10.6. The van der Waals surface area contributed by atoms with Crippen molar-refractivity contribution in [1.29, 1.82) is 0 Å². The van der Waals surface area contributed by atoms with Crippen LogP contribution in [0.4, 0.5) is 5.69 Å². The number of carboxylic acids is 1. The maximum Gasteiger partial charge on any atom is 0.222 e. The van der Waals surface area contributed by atoms with Crippen molar-refractivity contribution in [3.05, 3.63) is 18.2 Å². The van der Waals surface area contributed by atoms with Gasteiger partial charge in [0.15, 0.2) is 0 Å². The minimum absolute atomic E-state index is 0.00223. The second-order valence-electron chi connectivity index (χ2n) is 5.63. The molecule has 2 rings (SSSR count). The Bertz CT molecular complexity index is 582. The third-order valence-electron chi connectivity index (χ3n) is 4.13. The van der Waals surface area contributed by atoms with Gasteiger partial charge in [-0.25, -0.2) is 0 Å². The first-order valence-electron chi connectivity index (χ1n) is 7.99. The number of hydrogen-bond donors (Lipinski definition) is 0. The van der Waals surface area contributed by atoms with E-state index >= 15 is 0 Å². The van der Waals surface area contributed by atoms with Gasteiger partial charge in [0.25, 0.3) is 0 Å². The fourth-order valence-corrected chi connectivity index (χ4v) is 2.78. The van der Waals surface area contributed by atoms with Crippen molar-refractivity contribution >= 4 is 17.6 Å². The van der Waals surface area contributed by atoms with E-state index in [4.69, 9.17) is 9.47 Å². The summed E-state index contributed by atoms with van der Waals surface area (Å²) >= 11 is 0. The fraction of sp³-hybridized carbons (Fsp3) is 0.529. The van der Waals surface area contributed by atoms with Gasteiger partial charge in [-0.2, -0.15) is 0 Å². The van der Waals surface area contributed by atoms with Crippen molar-refractivity contribution in [3.8, 4) is 11.5 Å². The van der Waals surface area contributed by atoms with Crippen LogP contribution in [0.25, 0.3) is 0 Å². The maximum absolute atomic E-state index is 12.1. The number of hydrogen-bond acceptors (Lipinski definition) is 6. The highest BCUT2D eigenvalue weighted by molar-refractivity contribution is 5.77. The zero-order valence-corrected chi connectivity index (χ0v) is 14.1. The summed E-state index contributed by atoms with van der Waals surface area (Å²) in [4.78, 5) is 26.4. The summed E-state index contributed by atoms with van der Waals surface area (Å²) in [6.07, 6.45) is 0.502. The summed E-state index contributed by atoms with van der Waals surface area (Å²) in [5.41, 5.74) is 0.974. The Hall–Kier alpha value is -2.44. The molecule has 0 N–H and O–H groups in total. The van der Waals surface area contributed by atoms with E-state index in [1.165, 1.54) is 0 Å². The van der Waals surface area contributed by atoms with Crippen LogP contribution in [0, 0.1) is 0 Å². The van der Waals surface area contributed by atoms with E-state index < -0.39 is 5.97 Å². The lowest BCUT2D eigenvalue weighted by Gasteiger charge is -2.36. The molecule has 1 fully saturated rings. The Balaban J connectivity index is 1.90. The molecule has 1 heterocycles. The van der Waals surface area contributed by atoms with E-state index in [1.807, 2.05) is 18.2 Å². The molecular formula is C17H23N2O5-. The molecule has 0 aromatic heterocycles. The number of carbonyl (C=O) groups excluding carboxylic acids is 2. The van der Waals surface area contributed by atoms with Crippen LogP contribution in [-0.4, -0.2) is 57.2 Å². The molecule has 1 aliphatic rings. The predicted molar refractivity (Wildman–Crippen MR) is 87.2 cm³/mol. The zero-order chi connectivity index (χ0) is 17.5. The van der Waals surface area contributed by atoms with Crippen LogP contribution in [0.3, 0.4) is 0 Å². The molecular weight excluding hydrogens is 312 g/mol. The van der Waals surface area contributed by atoms with E-state index in [1.54, 1.807) is 19.1 Å². The molecule has 1 aromatic carbocycles. The average Bonchev–Trinajstić information content (AvgIpc) is 2.60. The van der Waals surface area contributed by atoms with Gasteiger partial charge in [-0.3, -0.25) is 4.79 Å². The summed E-state index contributed by atoms with van der Waals surface area (Å²) in [5.74, 6) is 0.359. The van der Waals surface area contributed by atoms with Gasteiger partial charge in [-0.1, -0.05) is 0 Å². The second kappa shape index (κ2) is 8.42. The maximum atomic E-state index is 12.1. The Morgan fingerprint density at radius 3 is 2.38 bits per heavy atom. The lowest BCUT2D eigenvalue weighted by Crippen LogP contribution is -2.48. The highest BCUT2D eigenvalue weighted by Crippen LogP contribution is 2.32.